The van der Waals surface area contributed by atoms with Gasteiger partial charge in [-0.3, -0.25) is 4.79 Å². The molecule has 0 saturated heterocycles. The summed E-state index contributed by atoms with van der Waals surface area (Å²) in [5, 5.41) is 17.4. The number of ketones is 1. The predicted molar refractivity (Wildman–Crippen MR) is 136 cm³/mol. The predicted octanol–water partition coefficient (Wildman–Crippen LogP) is 4.78. The van der Waals surface area contributed by atoms with E-state index in [0.717, 1.165) is 41.3 Å². The molecule has 1 fully saturated rings. The van der Waals surface area contributed by atoms with Gasteiger partial charge in [0.1, 0.15) is 12.1 Å². The minimum Gasteiger partial charge on any atom is -0.396 e. The molecule has 2 aromatic heterocycles. The first-order valence-corrected chi connectivity index (χ1v) is 13.0. The van der Waals surface area contributed by atoms with E-state index >= 15 is 0 Å². The largest absolute Gasteiger partial charge is 0.396 e. The first-order valence-electron chi connectivity index (χ1n) is 11.8. The van der Waals surface area contributed by atoms with Crippen LogP contribution in [0.5, 0.6) is 0 Å². The second-order valence-corrected chi connectivity index (χ2v) is 11.1. The Morgan fingerprint density at radius 1 is 1.29 bits per heavy atom. The fourth-order valence-electron chi connectivity index (χ4n) is 5.34. The summed E-state index contributed by atoms with van der Waals surface area (Å²) in [7, 11) is 0. The van der Waals surface area contributed by atoms with Crippen molar-refractivity contribution in [3.63, 3.8) is 0 Å². The number of rotatable bonds is 6. The molecule has 5 rings (SSSR count). The maximum Gasteiger partial charge on any atom is 0.208 e. The third kappa shape index (κ3) is 4.50. The molecule has 0 bridgehead atoms. The molecule has 0 radical (unpaired) electrons. The molecular weight excluding hydrogens is 468 g/mol. The van der Waals surface area contributed by atoms with Crippen LogP contribution in [0.2, 0.25) is 5.02 Å². The number of nitrogens with zero attached hydrogens (tertiary/aromatic N) is 2. The lowest BCUT2D eigenvalue weighted by atomic mass is 9.90. The van der Waals surface area contributed by atoms with E-state index in [4.69, 9.17) is 11.6 Å². The lowest BCUT2D eigenvalue weighted by molar-refractivity contribution is 0.104. The second kappa shape index (κ2) is 9.74. The molecule has 8 heteroatoms. The molecule has 0 amide bonds. The molecule has 1 aliphatic heterocycles. The van der Waals surface area contributed by atoms with Crippen LogP contribution in [0.25, 0.3) is 0 Å². The Balaban J connectivity index is 1.42. The zero-order chi connectivity index (χ0) is 23.8. The van der Waals surface area contributed by atoms with E-state index in [9.17, 15) is 9.90 Å². The number of hydrogen-bond acceptors (Lipinski definition) is 7. The average Bonchev–Trinajstić information content (AvgIpc) is 3.40. The number of halogens is 1. The first-order chi connectivity index (χ1) is 16.4. The van der Waals surface area contributed by atoms with E-state index in [1.165, 1.54) is 28.8 Å². The van der Waals surface area contributed by atoms with Gasteiger partial charge in [-0.05, 0) is 72.9 Å². The third-order valence-electron chi connectivity index (χ3n) is 7.23. The number of carbonyl (C=O) groups is 1. The highest BCUT2D eigenvalue weighted by molar-refractivity contribution is 7.14. The van der Waals surface area contributed by atoms with E-state index in [0.29, 0.717) is 22.2 Å². The van der Waals surface area contributed by atoms with Crippen LogP contribution in [0.1, 0.15) is 62.6 Å². The van der Waals surface area contributed by atoms with Crippen molar-refractivity contribution in [1.29, 1.82) is 0 Å². The van der Waals surface area contributed by atoms with Crippen molar-refractivity contribution < 1.29 is 9.90 Å². The van der Waals surface area contributed by atoms with E-state index in [-0.39, 0.29) is 30.4 Å². The molecule has 3 heterocycles. The van der Waals surface area contributed by atoms with E-state index in [1.54, 1.807) is 6.20 Å². The number of hydrogen-bond donors (Lipinski definition) is 3. The quantitative estimate of drug-likeness (QED) is 0.425. The summed E-state index contributed by atoms with van der Waals surface area (Å²) in [6.45, 7) is 5.30. The number of thiophene rings is 1. The zero-order valence-corrected chi connectivity index (χ0v) is 20.9. The van der Waals surface area contributed by atoms with Crippen LogP contribution in [0.15, 0.2) is 36.8 Å². The van der Waals surface area contributed by atoms with Gasteiger partial charge < -0.3 is 15.7 Å². The SMILES string of the molecule is Cc1sc(C(=O)c2cncnc2N[C@@H]2C[C@H](CO)[C@@H](C)C2)cc1[C@@H]1NCCc2ccc(Cl)cc21. The van der Waals surface area contributed by atoms with Crippen LogP contribution < -0.4 is 10.6 Å². The van der Waals surface area contributed by atoms with Crippen molar-refractivity contribution in [2.24, 2.45) is 11.8 Å². The van der Waals surface area contributed by atoms with Gasteiger partial charge in [-0.2, -0.15) is 0 Å². The Hall–Kier alpha value is -2.32. The highest BCUT2D eigenvalue weighted by atomic mass is 35.5. The fraction of sp³-hybridized carbons (Fsp3) is 0.423. The molecule has 0 spiro atoms. The van der Waals surface area contributed by atoms with Gasteiger partial charge in [-0.1, -0.05) is 24.6 Å². The van der Waals surface area contributed by atoms with E-state index in [1.807, 2.05) is 18.2 Å². The fourth-order valence-corrected chi connectivity index (χ4v) is 6.53. The molecule has 0 unspecified atom stereocenters. The smallest absolute Gasteiger partial charge is 0.208 e. The van der Waals surface area contributed by atoms with Gasteiger partial charge in [0.25, 0.3) is 0 Å². The Kier molecular flexibility index (Phi) is 6.71. The number of aliphatic hydroxyl groups excluding tert-OH is 1. The number of fused-ring (bicyclic) bond motifs is 1. The molecule has 1 aromatic carbocycles. The van der Waals surface area contributed by atoms with Crippen molar-refractivity contribution in [3.05, 3.63) is 73.8 Å². The van der Waals surface area contributed by atoms with Gasteiger partial charge >= 0.3 is 0 Å². The van der Waals surface area contributed by atoms with Crippen molar-refractivity contribution in [2.75, 3.05) is 18.5 Å². The standard InChI is InChI=1S/C26H29ClN4O2S/c1-14-7-19(8-17(14)12-32)31-26-22(11-28-13-30-26)25(33)23-10-20(15(2)34-23)24-21-9-18(27)4-3-16(21)5-6-29-24/h3-4,9-11,13-14,17,19,24,29,32H,5-8,12H2,1-2H3,(H,28,30,31)/t14-,17+,19-,24-/m0/s1. The van der Waals surface area contributed by atoms with Gasteiger partial charge in [-0.25, -0.2) is 9.97 Å². The molecule has 34 heavy (non-hydrogen) atoms. The number of aryl methyl sites for hydroxylation is 1. The minimum absolute atomic E-state index is 0.0141. The number of anilines is 1. The Morgan fingerprint density at radius 2 is 2.15 bits per heavy atom. The summed E-state index contributed by atoms with van der Waals surface area (Å²) in [4.78, 5) is 23.9. The summed E-state index contributed by atoms with van der Waals surface area (Å²) in [5.74, 6) is 1.20. The molecule has 6 nitrogen and oxygen atoms in total. The van der Waals surface area contributed by atoms with Crippen molar-refractivity contribution >= 4 is 34.5 Å². The number of aromatic nitrogens is 2. The molecule has 4 atom stereocenters. The summed E-state index contributed by atoms with van der Waals surface area (Å²) in [6, 6.07) is 8.27. The van der Waals surface area contributed by atoms with Gasteiger partial charge in [0, 0.05) is 35.3 Å². The van der Waals surface area contributed by atoms with Crippen molar-refractivity contribution in [3.8, 4) is 0 Å². The number of carbonyl (C=O) groups excluding carboxylic acids is 1. The summed E-state index contributed by atoms with van der Waals surface area (Å²) in [5.41, 5.74) is 4.06. The highest BCUT2D eigenvalue weighted by Crippen LogP contribution is 2.37. The van der Waals surface area contributed by atoms with Crippen LogP contribution in [0, 0.1) is 18.8 Å². The van der Waals surface area contributed by atoms with Crippen LogP contribution in [0.3, 0.4) is 0 Å². The Morgan fingerprint density at radius 3 is 2.94 bits per heavy atom. The van der Waals surface area contributed by atoms with Crippen LogP contribution in [-0.4, -0.2) is 40.1 Å². The van der Waals surface area contributed by atoms with Gasteiger partial charge in [0.2, 0.25) is 5.78 Å². The monoisotopic (exact) mass is 496 g/mol. The molecule has 3 N–H and O–H groups in total. The molecule has 2 aliphatic rings. The normalized spacial score (nSPS) is 24.1. The second-order valence-electron chi connectivity index (χ2n) is 9.45. The maximum absolute atomic E-state index is 13.6. The molecule has 178 valence electrons. The lowest BCUT2D eigenvalue weighted by Gasteiger charge is -2.27. The third-order valence-corrected chi connectivity index (χ3v) is 8.53. The van der Waals surface area contributed by atoms with Crippen molar-refractivity contribution in [2.45, 2.75) is 45.2 Å². The van der Waals surface area contributed by atoms with Crippen molar-refractivity contribution in [1.82, 2.24) is 15.3 Å². The lowest BCUT2D eigenvalue weighted by Crippen LogP contribution is -2.30. The van der Waals surface area contributed by atoms with E-state index in [2.05, 4.69) is 40.5 Å². The van der Waals surface area contributed by atoms with Crippen LogP contribution in [-0.2, 0) is 6.42 Å². The molecular formula is C26H29ClN4O2S. The van der Waals surface area contributed by atoms with Crippen LogP contribution >= 0.6 is 22.9 Å². The molecule has 3 aromatic rings. The summed E-state index contributed by atoms with van der Waals surface area (Å²) in [6.07, 6.45) is 5.85. The Bertz CT molecular complexity index is 1210. The van der Waals surface area contributed by atoms with Gasteiger partial charge in [0.15, 0.2) is 0 Å². The van der Waals surface area contributed by atoms with Gasteiger partial charge in [0.05, 0.1) is 16.5 Å². The minimum atomic E-state index is -0.0747. The van der Waals surface area contributed by atoms with Gasteiger partial charge in [-0.15, -0.1) is 11.3 Å². The highest BCUT2D eigenvalue weighted by Gasteiger charge is 2.32. The molecule has 1 aliphatic carbocycles. The molecule has 1 saturated carbocycles. The van der Waals surface area contributed by atoms with E-state index < -0.39 is 0 Å². The average molecular weight is 497 g/mol. The van der Waals surface area contributed by atoms with Crippen LogP contribution in [0.4, 0.5) is 5.82 Å². The maximum atomic E-state index is 13.6. The number of aliphatic hydroxyl groups is 1. The zero-order valence-electron chi connectivity index (χ0n) is 19.3. The number of benzene rings is 1. The topological polar surface area (TPSA) is 87.1 Å². The summed E-state index contributed by atoms with van der Waals surface area (Å²) < 4.78 is 0. The Labute approximate surface area is 208 Å². The number of nitrogens with one attached hydrogen (secondary N) is 2. The summed E-state index contributed by atoms with van der Waals surface area (Å²) >= 11 is 7.81. The first kappa shape index (κ1) is 23.4.